The van der Waals surface area contributed by atoms with Crippen molar-refractivity contribution in [3.05, 3.63) is 15.6 Å². The average molecular weight is 339 g/mol. The number of nitrogens with zero attached hydrogens (tertiary/aromatic N) is 3. The number of thiazole rings is 1. The lowest BCUT2D eigenvalue weighted by Gasteiger charge is -2.23. The molecule has 1 atom stereocenters. The van der Waals surface area contributed by atoms with E-state index in [1.54, 1.807) is 11.3 Å². The van der Waals surface area contributed by atoms with Crippen molar-refractivity contribution in [1.82, 2.24) is 20.1 Å². The first-order valence-corrected chi connectivity index (χ1v) is 9.30. The maximum Gasteiger partial charge on any atom is 0.221 e. The number of aromatic nitrogens is 1. The maximum atomic E-state index is 12.1. The van der Waals surface area contributed by atoms with Crippen LogP contribution in [0.25, 0.3) is 0 Å². The normalized spacial score (nSPS) is 19.0. The summed E-state index contributed by atoms with van der Waals surface area (Å²) < 4.78 is 0. The molecule has 0 aliphatic carbocycles. The van der Waals surface area contributed by atoms with Gasteiger partial charge in [0.25, 0.3) is 0 Å². The van der Waals surface area contributed by atoms with Crippen molar-refractivity contribution in [2.45, 2.75) is 52.1 Å². The monoisotopic (exact) mass is 338 g/mol. The highest BCUT2D eigenvalue weighted by atomic mass is 32.1. The molecule has 1 aromatic rings. The van der Waals surface area contributed by atoms with Crippen molar-refractivity contribution in [1.29, 1.82) is 0 Å². The molecule has 2 heterocycles. The van der Waals surface area contributed by atoms with E-state index in [1.165, 1.54) is 11.3 Å². The highest BCUT2D eigenvalue weighted by Crippen LogP contribution is 2.24. The molecule has 2 rings (SSSR count). The highest BCUT2D eigenvalue weighted by molar-refractivity contribution is 7.11. The number of amides is 1. The Bertz CT molecular complexity index is 529. The van der Waals surface area contributed by atoms with E-state index in [4.69, 9.17) is 0 Å². The Labute approximate surface area is 144 Å². The number of carbonyl (C=O) groups is 1. The van der Waals surface area contributed by atoms with Gasteiger partial charge in [-0.15, -0.1) is 11.3 Å². The van der Waals surface area contributed by atoms with Crippen molar-refractivity contribution in [2.24, 2.45) is 0 Å². The molecule has 0 unspecified atom stereocenters. The van der Waals surface area contributed by atoms with Gasteiger partial charge in [0.05, 0.1) is 17.2 Å². The summed E-state index contributed by atoms with van der Waals surface area (Å²) in [5.74, 6) is 0.573. The number of rotatable bonds is 7. The second-order valence-corrected chi connectivity index (χ2v) is 8.04. The van der Waals surface area contributed by atoms with Crippen molar-refractivity contribution < 1.29 is 4.79 Å². The van der Waals surface area contributed by atoms with Crippen LogP contribution in [-0.2, 0) is 11.3 Å². The summed E-state index contributed by atoms with van der Waals surface area (Å²) in [7, 11) is 4.28. The molecule has 1 aliphatic rings. The summed E-state index contributed by atoms with van der Waals surface area (Å²) >= 11 is 1.71. The van der Waals surface area contributed by atoms with Gasteiger partial charge in [-0.1, -0.05) is 13.8 Å². The van der Waals surface area contributed by atoms with Crippen LogP contribution < -0.4 is 5.32 Å². The SMILES string of the molecule is Cc1nc(C(C)C)sc1CNC(=O)CCN(C)[C@@H]1CCN(C)C1. The summed E-state index contributed by atoms with van der Waals surface area (Å²) in [6.07, 6.45) is 1.76. The smallest absolute Gasteiger partial charge is 0.221 e. The van der Waals surface area contributed by atoms with Crippen LogP contribution in [0.3, 0.4) is 0 Å². The van der Waals surface area contributed by atoms with Crippen LogP contribution >= 0.6 is 11.3 Å². The molecule has 1 fully saturated rings. The summed E-state index contributed by atoms with van der Waals surface area (Å²) in [5, 5.41) is 4.19. The molecule has 6 heteroatoms. The van der Waals surface area contributed by atoms with E-state index in [-0.39, 0.29) is 5.91 Å². The van der Waals surface area contributed by atoms with Gasteiger partial charge in [-0.25, -0.2) is 4.98 Å². The molecule has 1 saturated heterocycles. The van der Waals surface area contributed by atoms with Gasteiger partial charge < -0.3 is 15.1 Å². The molecule has 1 aliphatic heterocycles. The third kappa shape index (κ3) is 5.26. The first-order chi connectivity index (χ1) is 10.9. The number of likely N-dealkylation sites (N-methyl/N-ethyl adjacent to an activating group) is 2. The van der Waals surface area contributed by atoms with Crippen molar-refractivity contribution in [3.8, 4) is 0 Å². The number of hydrogen-bond acceptors (Lipinski definition) is 5. The van der Waals surface area contributed by atoms with E-state index in [9.17, 15) is 4.79 Å². The Balaban J connectivity index is 1.73. The van der Waals surface area contributed by atoms with Crippen LogP contribution in [-0.4, -0.2) is 60.5 Å². The van der Waals surface area contributed by atoms with E-state index >= 15 is 0 Å². The van der Waals surface area contributed by atoms with Crippen molar-refractivity contribution in [2.75, 3.05) is 33.7 Å². The van der Waals surface area contributed by atoms with Gasteiger partial charge in [-0.05, 0) is 34.0 Å². The number of hydrogen-bond donors (Lipinski definition) is 1. The Morgan fingerprint density at radius 3 is 2.83 bits per heavy atom. The molecular formula is C17H30N4OS. The summed E-state index contributed by atoms with van der Waals surface area (Å²) in [4.78, 5) is 22.5. The third-order valence-electron chi connectivity index (χ3n) is 4.53. The van der Waals surface area contributed by atoms with Crippen LogP contribution in [0.15, 0.2) is 0 Å². The standard InChI is InChI=1S/C17H30N4OS/c1-12(2)17-19-13(3)15(23-17)10-18-16(22)7-9-21(5)14-6-8-20(4)11-14/h12,14H,6-11H2,1-5H3,(H,18,22)/t14-/m1/s1. The van der Waals surface area contributed by atoms with Crippen LogP contribution in [0.5, 0.6) is 0 Å². The first kappa shape index (κ1) is 18.4. The number of likely N-dealkylation sites (tertiary alicyclic amines) is 1. The lowest BCUT2D eigenvalue weighted by atomic mass is 10.2. The van der Waals surface area contributed by atoms with Gasteiger partial charge in [0, 0.05) is 36.3 Å². The highest BCUT2D eigenvalue weighted by Gasteiger charge is 2.23. The molecule has 23 heavy (non-hydrogen) atoms. The molecule has 1 amide bonds. The second-order valence-electron chi connectivity index (χ2n) is 6.93. The summed E-state index contributed by atoms with van der Waals surface area (Å²) in [6, 6.07) is 0.588. The lowest BCUT2D eigenvalue weighted by Crippen LogP contribution is -2.36. The van der Waals surface area contributed by atoms with Gasteiger partial charge in [0.2, 0.25) is 5.91 Å². The Morgan fingerprint density at radius 1 is 1.52 bits per heavy atom. The van der Waals surface area contributed by atoms with E-state index in [2.05, 4.69) is 48.0 Å². The van der Waals surface area contributed by atoms with Gasteiger partial charge >= 0.3 is 0 Å². The second kappa shape index (κ2) is 8.22. The van der Waals surface area contributed by atoms with E-state index in [1.807, 2.05) is 6.92 Å². The average Bonchev–Trinajstić information content (AvgIpc) is 3.09. The molecule has 5 nitrogen and oxygen atoms in total. The zero-order valence-electron chi connectivity index (χ0n) is 15.1. The van der Waals surface area contributed by atoms with E-state index in [0.29, 0.717) is 24.9 Å². The molecule has 0 bridgehead atoms. The van der Waals surface area contributed by atoms with Crippen molar-refractivity contribution in [3.63, 3.8) is 0 Å². The number of carbonyl (C=O) groups excluding carboxylic acids is 1. The van der Waals surface area contributed by atoms with Gasteiger partial charge in [0.1, 0.15) is 0 Å². The van der Waals surface area contributed by atoms with Crippen LogP contribution in [0.4, 0.5) is 0 Å². The molecule has 1 N–H and O–H groups in total. The Hall–Kier alpha value is -0.980. The van der Waals surface area contributed by atoms with Gasteiger partial charge in [-0.2, -0.15) is 0 Å². The Morgan fingerprint density at radius 2 is 2.26 bits per heavy atom. The summed E-state index contributed by atoms with van der Waals surface area (Å²) in [6.45, 7) is 10.0. The minimum absolute atomic E-state index is 0.127. The quantitative estimate of drug-likeness (QED) is 0.828. The molecule has 0 radical (unpaired) electrons. The minimum atomic E-state index is 0.127. The zero-order valence-corrected chi connectivity index (χ0v) is 15.9. The molecule has 130 valence electrons. The predicted octanol–water partition coefficient (Wildman–Crippen LogP) is 2.22. The minimum Gasteiger partial charge on any atom is -0.351 e. The summed E-state index contributed by atoms with van der Waals surface area (Å²) in [5.41, 5.74) is 1.05. The fraction of sp³-hybridized carbons (Fsp3) is 0.765. The maximum absolute atomic E-state index is 12.1. The lowest BCUT2D eigenvalue weighted by molar-refractivity contribution is -0.121. The molecule has 1 aromatic heterocycles. The van der Waals surface area contributed by atoms with E-state index < -0.39 is 0 Å². The van der Waals surface area contributed by atoms with Crippen molar-refractivity contribution >= 4 is 17.2 Å². The fourth-order valence-corrected chi connectivity index (χ4v) is 3.87. The van der Waals surface area contributed by atoms with Crippen LogP contribution in [0.2, 0.25) is 0 Å². The first-order valence-electron chi connectivity index (χ1n) is 8.48. The van der Waals surface area contributed by atoms with Gasteiger partial charge in [-0.3, -0.25) is 4.79 Å². The topological polar surface area (TPSA) is 48.5 Å². The molecule has 0 aromatic carbocycles. The van der Waals surface area contributed by atoms with Crippen LogP contribution in [0, 0.1) is 6.92 Å². The third-order valence-corrected chi connectivity index (χ3v) is 5.99. The van der Waals surface area contributed by atoms with E-state index in [0.717, 1.165) is 30.3 Å². The predicted molar refractivity (Wildman–Crippen MR) is 95.9 cm³/mol. The molecule has 0 spiro atoms. The largest absolute Gasteiger partial charge is 0.351 e. The number of nitrogens with one attached hydrogen (secondary N) is 1. The number of aryl methyl sites for hydroxylation is 1. The zero-order chi connectivity index (χ0) is 17.0. The van der Waals surface area contributed by atoms with Gasteiger partial charge in [0.15, 0.2) is 0 Å². The molecular weight excluding hydrogens is 308 g/mol. The Kier molecular flexibility index (Phi) is 6.56. The van der Waals surface area contributed by atoms with Crippen LogP contribution in [0.1, 0.15) is 48.2 Å². The fourth-order valence-electron chi connectivity index (χ4n) is 2.86. The molecule has 0 saturated carbocycles.